The summed E-state index contributed by atoms with van der Waals surface area (Å²) in [7, 11) is 2.20. The molecule has 4 heterocycles. The van der Waals surface area contributed by atoms with Gasteiger partial charge in [0, 0.05) is 57.8 Å². The molecule has 2 aromatic carbocycles. The summed E-state index contributed by atoms with van der Waals surface area (Å²) in [5.74, 6) is 0.725. The maximum Gasteiger partial charge on any atom is 0.289 e. The first-order valence-corrected chi connectivity index (χ1v) is 14.6. The Morgan fingerprint density at radius 3 is 2.15 bits per heavy atom. The third kappa shape index (κ3) is 5.58. The Bertz CT molecular complexity index is 1280. The lowest BCUT2D eigenvalue weighted by molar-refractivity contribution is -0.139. The lowest BCUT2D eigenvalue weighted by Gasteiger charge is -2.43. The number of hydrogen-bond acceptors (Lipinski definition) is 5. The van der Waals surface area contributed by atoms with E-state index in [1.807, 2.05) is 51.9 Å². The van der Waals surface area contributed by atoms with Crippen molar-refractivity contribution in [1.29, 1.82) is 0 Å². The Morgan fingerprint density at radius 1 is 0.769 bits per heavy atom. The number of piperazine rings is 1. The number of para-hydroxylation sites is 2. The van der Waals surface area contributed by atoms with Crippen LogP contribution in [0.3, 0.4) is 0 Å². The van der Waals surface area contributed by atoms with E-state index in [-0.39, 0.29) is 17.7 Å². The van der Waals surface area contributed by atoms with Crippen LogP contribution in [-0.4, -0.2) is 106 Å². The molecule has 0 aliphatic carbocycles. The molecule has 206 valence electrons. The lowest BCUT2D eigenvalue weighted by Crippen LogP contribution is -2.55. The number of nitrogens with zero attached hydrogens (tertiary/aromatic N) is 6. The van der Waals surface area contributed by atoms with Gasteiger partial charge in [0.05, 0.1) is 11.0 Å². The Labute approximate surface area is 231 Å². The number of benzene rings is 2. The third-order valence-electron chi connectivity index (χ3n) is 8.99. The predicted molar refractivity (Wildman–Crippen MR) is 153 cm³/mol. The smallest absolute Gasteiger partial charge is 0.289 e. The number of rotatable bonds is 5. The fourth-order valence-corrected chi connectivity index (χ4v) is 6.56. The van der Waals surface area contributed by atoms with E-state index >= 15 is 0 Å². The maximum absolute atomic E-state index is 13.7. The number of likely N-dealkylation sites (tertiary alicyclic amines) is 2. The van der Waals surface area contributed by atoms with E-state index in [1.165, 1.54) is 25.9 Å². The fraction of sp³-hybridized carbons (Fsp3) is 0.516. The zero-order chi connectivity index (χ0) is 26.8. The molecule has 3 aliphatic heterocycles. The Balaban J connectivity index is 1.06. The van der Waals surface area contributed by atoms with Crippen molar-refractivity contribution >= 4 is 22.8 Å². The van der Waals surface area contributed by atoms with E-state index in [1.54, 1.807) is 0 Å². The standard InChI is InChI=1S/C31H40N6O2/c1-33-15-13-26(14-16-33)34-19-21-36(22-20-34)30(38)25-11-17-35(18-12-25)31(39)29-32-27-9-5-6-10-28(27)37(29)23-24-7-3-2-4-8-24/h2-10,25-26H,11-23H2,1H3. The normalized spacial score (nSPS) is 20.5. The van der Waals surface area contributed by atoms with E-state index < -0.39 is 0 Å². The number of piperidine rings is 2. The lowest BCUT2D eigenvalue weighted by atomic mass is 9.94. The molecule has 39 heavy (non-hydrogen) atoms. The van der Waals surface area contributed by atoms with Crippen molar-refractivity contribution in [2.45, 2.75) is 38.3 Å². The molecular formula is C31H40N6O2. The second kappa shape index (κ2) is 11.5. The van der Waals surface area contributed by atoms with Crippen LogP contribution in [0.1, 0.15) is 41.9 Å². The van der Waals surface area contributed by atoms with Gasteiger partial charge in [-0.3, -0.25) is 14.5 Å². The molecular weight excluding hydrogens is 488 g/mol. The van der Waals surface area contributed by atoms with Crippen LogP contribution in [0.25, 0.3) is 11.0 Å². The molecule has 1 aromatic heterocycles. The first-order valence-electron chi connectivity index (χ1n) is 14.6. The van der Waals surface area contributed by atoms with E-state index in [2.05, 4.69) is 33.9 Å². The summed E-state index contributed by atoms with van der Waals surface area (Å²) in [6.45, 7) is 7.75. The van der Waals surface area contributed by atoms with Gasteiger partial charge in [0.25, 0.3) is 5.91 Å². The molecule has 0 bridgehead atoms. The van der Waals surface area contributed by atoms with Gasteiger partial charge in [-0.05, 0) is 63.5 Å². The van der Waals surface area contributed by atoms with Crippen molar-refractivity contribution in [2.24, 2.45) is 5.92 Å². The van der Waals surface area contributed by atoms with Crippen LogP contribution in [0.15, 0.2) is 54.6 Å². The van der Waals surface area contributed by atoms with Crippen molar-refractivity contribution in [1.82, 2.24) is 29.2 Å². The predicted octanol–water partition coefficient (Wildman–Crippen LogP) is 3.18. The highest BCUT2D eigenvalue weighted by Crippen LogP contribution is 2.25. The molecule has 8 heteroatoms. The minimum Gasteiger partial charge on any atom is -0.340 e. The summed E-state index contributed by atoms with van der Waals surface area (Å²) in [5.41, 5.74) is 2.94. The molecule has 3 saturated heterocycles. The first-order chi connectivity index (χ1) is 19.1. The van der Waals surface area contributed by atoms with Gasteiger partial charge in [0.15, 0.2) is 0 Å². The molecule has 0 N–H and O–H groups in total. The van der Waals surface area contributed by atoms with Crippen molar-refractivity contribution in [3.63, 3.8) is 0 Å². The molecule has 0 spiro atoms. The van der Waals surface area contributed by atoms with Gasteiger partial charge in [-0.1, -0.05) is 42.5 Å². The van der Waals surface area contributed by atoms with Crippen LogP contribution in [0, 0.1) is 5.92 Å². The zero-order valence-electron chi connectivity index (χ0n) is 23.0. The van der Waals surface area contributed by atoms with Gasteiger partial charge in [-0.25, -0.2) is 4.98 Å². The van der Waals surface area contributed by atoms with Crippen LogP contribution >= 0.6 is 0 Å². The molecule has 0 saturated carbocycles. The Morgan fingerprint density at radius 2 is 1.44 bits per heavy atom. The van der Waals surface area contributed by atoms with Gasteiger partial charge < -0.3 is 19.3 Å². The van der Waals surface area contributed by atoms with Gasteiger partial charge in [-0.15, -0.1) is 0 Å². The van der Waals surface area contributed by atoms with Gasteiger partial charge in [-0.2, -0.15) is 0 Å². The molecule has 6 rings (SSSR count). The number of hydrogen-bond donors (Lipinski definition) is 0. The Kier molecular flexibility index (Phi) is 7.66. The van der Waals surface area contributed by atoms with Crippen LogP contribution in [0.4, 0.5) is 0 Å². The van der Waals surface area contributed by atoms with Gasteiger partial charge in [0.1, 0.15) is 0 Å². The van der Waals surface area contributed by atoms with Crippen LogP contribution in [0.5, 0.6) is 0 Å². The minimum absolute atomic E-state index is 0.00654. The number of amides is 2. The third-order valence-corrected chi connectivity index (χ3v) is 8.99. The van der Waals surface area contributed by atoms with Gasteiger partial charge >= 0.3 is 0 Å². The van der Waals surface area contributed by atoms with Crippen LogP contribution in [-0.2, 0) is 11.3 Å². The number of carbonyl (C=O) groups is 2. The molecule has 2 amide bonds. The summed E-state index contributed by atoms with van der Waals surface area (Å²) in [5, 5.41) is 0. The summed E-state index contributed by atoms with van der Waals surface area (Å²) in [4.78, 5) is 40.8. The topological polar surface area (TPSA) is 64.9 Å². The number of carbonyl (C=O) groups excluding carboxylic acids is 2. The molecule has 3 aromatic rings. The van der Waals surface area contributed by atoms with E-state index in [4.69, 9.17) is 4.98 Å². The summed E-state index contributed by atoms with van der Waals surface area (Å²) >= 11 is 0. The average Bonchev–Trinajstić information content (AvgIpc) is 3.35. The minimum atomic E-state index is -0.0419. The van der Waals surface area contributed by atoms with E-state index in [0.29, 0.717) is 31.5 Å². The molecule has 0 radical (unpaired) electrons. The van der Waals surface area contributed by atoms with Crippen molar-refractivity contribution < 1.29 is 9.59 Å². The highest BCUT2D eigenvalue weighted by molar-refractivity contribution is 5.95. The zero-order valence-corrected chi connectivity index (χ0v) is 23.0. The highest BCUT2D eigenvalue weighted by Gasteiger charge is 2.34. The van der Waals surface area contributed by atoms with Crippen molar-refractivity contribution in [3.05, 3.63) is 66.0 Å². The molecule has 3 aliphatic rings. The number of imidazole rings is 1. The van der Waals surface area contributed by atoms with Crippen molar-refractivity contribution in [2.75, 3.05) is 59.4 Å². The SMILES string of the molecule is CN1CCC(N2CCN(C(=O)C3CCN(C(=O)c4nc5ccccc5n4Cc4ccccc4)CC3)CC2)CC1. The summed E-state index contributed by atoms with van der Waals surface area (Å²) in [6, 6.07) is 18.8. The first kappa shape index (κ1) is 26.0. The number of aromatic nitrogens is 2. The second-order valence-corrected chi connectivity index (χ2v) is 11.5. The Hall–Kier alpha value is -3.23. The largest absolute Gasteiger partial charge is 0.340 e. The van der Waals surface area contributed by atoms with E-state index in [0.717, 1.165) is 55.6 Å². The molecule has 3 fully saturated rings. The van der Waals surface area contributed by atoms with Gasteiger partial charge in [0.2, 0.25) is 11.7 Å². The molecule has 0 unspecified atom stereocenters. The maximum atomic E-state index is 13.7. The summed E-state index contributed by atoms with van der Waals surface area (Å²) in [6.07, 6.45) is 3.91. The van der Waals surface area contributed by atoms with Crippen LogP contribution in [0.2, 0.25) is 0 Å². The molecule has 8 nitrogen and oxygen atoms in total. The molecule has 0 atom stereocenters. The quantitative estimate of drug-likeness (QED) is 0.509. The van der Waals surface area contributed by atoms with E-state index in [9.17, 15) is 9.59 Å². The summed E-state index contributed by atoms with van der Waals surface area (Å²) < 4.78 is 2.04. The highest BCUT2D eigenvalue weighted by atomic mass is 16.2. The fourth-order valence-electron chi connectivity index (χ4n) is 6.56. The van der Waals surface area contributed by atoms with Crippen molar-refractivity contribution in [3.8, 4) is 0 Å². The second-order valence-electron chi connectivity index (χ2n) is 11.5. The average molecular weight is 529 g/mol. The van der Waals surface area contributed by atoms with Crippen LogP contribution < -0.4 is 0 Å². The monoisotopic (exact) mass is 528 g/mol. The number of fused-ring (bicyclic) bond motifs is 1.